The maximum atomic E-state index is 2.51. The SMILES string of the molecule is CC1(c2ccc(-c3ccc4ccccc4c3)cc2)C2C=CC=CC2=C(C2=CC=CC3C=CC=CC23)C2C=CC=CC21. The summed E-state index contributed by atoms with van der Waals surface area (Å²) < 4.78 is 0. The number of benzene rings is 3. The van der Waals surface area contributed by atoms with Crippen LogP contribution in [0.1, 0.15) is 12.5 Å². The third-order valence-corrected chi connectivity index (χ3v) is 10.2. The van der Waals surface area contributed by atoms with Gasteiger partial charge in [-0.05, 0) is 56.2 Å². The van der Waals surface area contributed by atoms with Crippen LogP contribution >= 0.6 is 0 Å². The van der Waals surface area contributed by atoms with Crippen molar-refractivity contribution in [1.29, 1.82) is 0 Å². The van der Waals surface area contributed by atoms with Gasteiger partial charge >= 0.3 is 0 Å². The lowest BCUT2D eigenvalue weighted by molar-refractivity contribution is 0.231. The van der Waals surface area contributed by atoms with Crippen LogP contribution in [0.4, 0.5) is 0 Å². The van der Waals surface area contributed by atoms with Gasteiger partial charge in [0.15, 0.2) is 0 Å². The summed E-state index contributed by atoms with van der Waals surface area (Å²) in [6.45, 7) is 2.51. The number of allylic oxidation sites excluding steroid dienone is 18. The predicted octanol–water partition coefficient (Wildman–Crippen LogP) is 10.0. The van der Waals surface area contributed by atoms with Crippen molar-refractivity contribution in [2.45, 2.75) is 12.3 Å². The van der Waals surface area contributed by atoms with Crippen LogP contribution in [0.15, 0.2) is 175 Å². The molecule has 0 aromatic heterocycles. The molecule has 0 heteroatoms. The number of hydrogen-bond donors (Lipinski definition) is 0. The molecule has 0 amide bonds. The second kappa shape index (κ2) is 9.60. The molecule has 41 heavy (non-hydrogen) atoms. The Hall–Kier alpha value is -4.42. The topological polar surface area (TPSA) is 0 Å². The first-order valence-corrected chi connectivity index (χ1v) is 15.0. The van der Waals surface area contributed by atoms with Crippen molar-refractivity contribution in [2.24, 2.45) is 29.6 Å². The Morgan fingerprint density at radius 2 is 1.29 bits per heavy atom. The lowest BCUT2D eigenvalue weighted by atomic mass is 9.50. The zero-order valence-corrected chi connectivity index (χ0v) is 23.4. The molecule has 0 spiro atoms. The van der Waals surface area contributed by atoms with Gasteiger partial charge in [-0.2, -0.15) is 0 Å². The quantitative estimate of drug-likeness (QED) is 0.318. The molecular formula is C41H34. The van der Waals surface area contributed by atoms with Gasteiger partial charge in [0, 0.05) is 29.1 Å². The van der Waals surface area contributed by atoms with Gasteiger partial charge in [-0.15, -0.1) is 0 Å². The van der Waals surface area contributed by atoms with Crippen LogP contribution in [0, 0.1) is 29.6 Å². The Kier molecular flexibility index (Phi) is 5.71. The third kappa shape index (κ3) is 3.81. The first-order chi connectivity index (χ1) is 20.2. The molecule has 3 aromatic rings. The molecule has 0 aliphatic heterocycles. The number of fused-ring (bicyclic) bond motifs is 4. The Morgan fingerprint density at radius 1 is 0.585 bits per heavy atom. The van der Waals surface area contributed by atoms with Gasteiger partial charge in [-0.1, -0.05) is 159 Å². The van der Waals surface area contributed by atoms with Gasteiger partial charge in [0.2, 0.25) is 0 Å². The lowest BCUT2D eigenvalue weighted by Crippen LogP contribution is -2.48. The van der Waals surface area contributed by atoms with E-state index < -0.39 is 0 Å². The van der Waals surface area contributed by atoms with E-state index in [1.165, 1.54) is 44.2 Å². The molecule has 0 fully saturated rings. The zero-order chi connectivity index (χ0) is 27.4. The highest BCUT2D eigenvalue weighted by Gasteiger charge is 2.51. The van der Waals surface area contributed by atoms with Crippen LogP contribution in [-0.4, -0.2) is 0 Å². The maximum Gasteiger partial charge on any atom is 0.0124 e. The highest BCUT2D eigenvalue weighted by molar-refractivity contribution is 5.87. The minimum Gasteiger partial charge on any atom is -0.0796 e. The molecule has 0 heterocycles. The second-order valence-electron chi connectivity index (χ2n) is 12.2. The van der Waals surface area contributed by atoms with E-state index in [9.17, 15) is 0 Å². The molecule has 0 nitrogen and oxygen atoms in total. The van der Waals surface area contributed by atoms with Gasteiger partial charge in [-0.25, -0.2) is 0 Å². The summed E-state index contributed by atoms with van der Waals surface area (Å²) in [5, 5.41) is 2.57. The van der Waals surface area contributed by atoms with Gasteiger partial charge in [0.05, 0.1) is 0 Å². The highest BCUT2D eigenvalue weighted by atomic mass is 14.5. The normalized spacial score (nSPS) is 30.8. The summed E-state index contributed by atoms with van der Waals surface area (Å²) in [6.07, 6.45) is 35.1. The van der Waals surface area contributed by atoms with Crippen LogP contribution in [-0.2, 0) is 5.41 Å². The van der Waals surface area contributed by atoms with E-state index in [-0.39, 0.29) is 5.41 Å². The zero-order valence-electron chi connectivity index (χ0n) is 23.4. The lowest BCUT2D eigenvalue weighted by Gasteiger charge is -2.53. The molecule has 198 valence electrons. The molecule has 8 rings (SSSR count). The molecule has 3 aromatic carbocycles. The minimum absolute atomic E-state index is 0.0687. The van der Waals surface area contributed by atoms with E-state index in [0.717, 1.165) is 0 Å². The third-order valence-electron chi connectivity index (χ3n) is 10.2. The smallest absolute Gasteiger partial charge is 0.0124 e. The summed E-state index contributed by atoms with van der Waals surface area (Å²) in [4.78, 5) is 0. The highest BCUT2D eigenvalue weighted by Crippen LogP contribution is 2.58. The molecule has 0 saturated heterocycles. The van der Waals surface area contributed by atoms with E-state index in [2.05, 4.69) is 165 Å². The van der Waals surface area contributed by atoms with Crippen molar-refractivity contribution < 1.29 is 0 Å². The fourth-order valence-corrected chi connectivity index (χ4v) is 8.09. The van der Waals surface area contributed by atoms with Gasteiger partial charge in [-0.3, -0.25) is 0 Å². The van der Waals surface area contributed by atoms with E-state index in [0.29, 0.717) is 29.6 Å². The first-order valence-electron chi connectivity index (χ1n) is 15.0. The van der Waals surface area contributed by atoms with Crippen molar-refractivity contribution in [3.8, 4) is 11.1 Å². The summed E-state index contributed by atoms with van der Waals surface area (Å²) in [6, 6.07) is 24.9. The molecule has 5 aliphatic carbocycles. The van der Waals surface area contributed by atoms with Crippen molar-refractivity contribution in [3.63, 3.8) is 0 Å². The van der Waals surface area contributed by atoms with Crippen molar-refractivity contribution in [3.05, 3.63) is 180 Å². The first kappa shape index (κ1) is 24.4. The van der Waals surface area contributed by atoms with E-state index in [4.69, 9.17) is 0 Å². The van der Waals surface area contributed by atoms with Gasteiger partial charge < -0.3 is 0 Å². The molecule has 6 unspecified atom stereocenters. The van der Waals surface area contributed by atoms with Gasteiger partial charge in [0.1, 0.15) is 0 Å². The monoisotopic (exact) mass is 526 g/mol. The second-order valence-corrected chi connectivity index (χ2v) is 12.2. The molecule has 6 atom stereocenters. The van der Waals surface area contributed by atoms with E-state index >= 15 is 0 Å². The van der Waals surface area contributed by atoms with Crippen LogP contribution in [0.2, 0.25) is 0 Å². The summed E-state index contributed by atoms with van der Waals surface area (Å²) in [5.74, 6) is 1.85. The molecular weight excluding hydrogens is 492 g/mol. The van der Waals surface area contributed by atoms with Crippen molar-refractivity contribution in [1.82, 2.24) is 0 Å². The molecule has 0 N–H and O–H groups in total. The Morgan fingerprint density at radius 3 is 2.17 bits per heavy atom. The van der Waals surface area contributed by atoms with E-state index in [1.807, 2.05) is 0 Å². The maximum absolute atomic E-state index is 2.51. The Labute approximate surface area is 243 Å². The van der Waals surface area contributed by atoms with Crippen LogP contribution in [0.3, 0.4) is 0 Å². The molecule has 0 radical (unpaired) electrons. The minimum atomic E-state index is -0.0687. The average Bonchev–Trinajstić information content (AvgIpc) is 3.05. The van der Waals surface area contributed by atoms with Gasteiger partial charge in [0.25, 0.3) is 0 Å². The Bertz CT molecular complexity index is 1810. The fourth-order valence-electron chi connectivity index (χ4n) is 8.09. The summed E-state index contributed by atoms with van der Waals surface area (Å²) in [7, 11) is 0. The molecule has 0 bridgehead atoms. The van der Waals surface area contributed by atoms with Crippen LogP contribution < -0.4 is 0 Å². The van der Waals surface area contributed by atoms with E-state index in [1.54, 1.807) is 0 Å². The fraction of sp³-hybridized carbons (Fsp3) is 0.171. The number of rotatable bonds is 3. The van der Waals surface area contributed by atoms with Crippen molar-refractivity contribution in [2.75, 3.05) is 0 Å². The number of hydrogen-bond acceptors (Lipinski definition) is 0. The molecule has 0 saturated carbocycles. The Balaban J connectivity index is 1.24. The molecule has 5 aliphatic rings. The van der Waals surface area contributed by atoms with Crippen LogP contribution in [0.5, 0.6) is 0 Å². The predicted molar refractivity (Wildman–Crippen MR) is 173 cm³/mol. The average molecular weight is 527 g/mol. The van der Waals surface area contributed by atoms with Crippen LogP contribution in [0.25, 0.3) is 21.9 Å². The standard InChI is InChI=1S/C41H34/c1-41(33-25-23-29(24-26-33)32-22-21-28-11-2-3-13-31(28)27-32)38-19-8-6-16-36(38)40(37-17-7-9-20-39(37)41)35-18-10-14-30-12-4-5-15-34(30)35/h2-27,30,34,36,38-39H,1H3. The summed E-state index contributed by atoms with van der Waals surface area (Å²) >= 11 is 0. The largest absolute Gasteiger partial charge is 0.0796 e. The summed E-state index contributed by atoms with van der Waals surface area (Å²) in [5.41, 5.74) is 8.39. The van der Waals surface area contributed by atoms with Crippen molar-refractivity contribution >= 4 is 10.8 Å².